The van der Waals surface area contributed by atoms with Gasteiger partial charge >= 0.3 is 0 Å². The summed E-state index contributed by atoms with van der Waals surface area (Å²) >= 11 is 4.83. The molecule has 0 aromatic carbocycles. The highest BCUT2D eigenvalue weighted by Gasteiger charge is 2.07. The number of nitrogens with one attached hydrogen (secondary N) is 1. The Kier molecular flexibility index (Phi) is 4.37. The minimum atomic E-state index is -0.250. The molecular weight excluding hydrogens is 272 g/mol. The number of carbonyl (C=O) groups is 1. The lowest BCUT2D eigenvalue weighted by Gasteiger charge is -2.05. The quantitative estimate of drug-likeness (QED) is 0.829. The molecule has 2 rings (SSSR count). The molecule has 0 radical (unpaired) electrons. The van der Waals surface area contributed by atoms with Gasteiger partial charge in [0, 0.05) is 30.2 Å². The van der Waals surface area contributed by atoms with Crippen LogP contribution in [0.5, 0.6) is 0 Å². The second-order valence-corrected chi connectivity index (χ2v) is 4.73. The van der Waals surface area contributed by atoms with E-state index in [1.807, 2.05) is 19.1 Å². The normalized spacial score (nSPS) is 10.1. The summed E-state index contributed by atoms with van der Waals surface area (Å²) in [6, 6.07) is 7.09. The molecule has 0 aliphatic rings. The third kappa shape index (κ3) is 3.58. The zero-order chi connectivity index (χ0) is 14.5. The molecule has 0 saturated carbocycles. The molecule has 0 aliphatic heterocycles. The highest BCUT2D eigenvalue weighted by molar-refractivity contribution is 7.80. The maximum absolute atomic E-state index is 11.9. The van der Waals surface area contributed by atoms with Gasteiger partial charge in [0.1, 0.15) is 10.7 Å². The fourth-order valence-corrected chi connectivity index (χ4v) is 1.67. The molecule has 6 heteroatoms. The molecule has 102 valence electrons. The van der Waals surface area contributed by atoms with E-state index in [0.717, 1.165) is 11.3 Å². The van der Waals surface area contributed by atoms with Crippen molar-refractivity contribution < 1.29 is 4.79 Å². The summed E-state index contributed by atoms with van der Waals surface area (Å²) in [7, 11) is 0. The summed E-state index contributed by atoms with van der Waals surface area (Å²) < 4.78 is 0. The number of nitrogens with two attached hydrogens (primary N) is 1. The smallest absolute Gasteiger partial charge is 0.270 e. The number of carbonyl (C=O) groups excluding carboxylic acids is 1. The van der Waals surface area contributed by atoms with Crippen molar-refractivity contribution in [1.82, 2.24) is 15.3 Å². The lowest BCUT2D eigenvalue weighted by atomic mass is 10.2. The molecule has 20 heavy (non-hydrogen) atoms. The summed E-state index contributed by atoms with van der Waals surface area (Å²) in [6.07, 6.45) is 3.23. The predicted molar refractivity (Wildman–Crippen MR) is 80.3 cm³/mol. The van der Waals surface area contributed by atoms with E-state index < -0.39 is 0 Å². The third-order valence-corrected chi connectivity index (χ3v) is 2.94. The Bertz CT molecular complexity index is 623. The van der Waals surface area contributed by atoms with Crippen LogP contribution in [0.15, 0.2) is 36.7 Å². The maximum Gasteiger partial charge on any atom is 0.270 e. The van der Waals surface area contributed by atoms with Crippen molar-refractivity contribution in [2.24, 2.45) is 5.73 Å². The van der Waals surface area contributed by atoms with E-state index in [-0.39, 0.29) is 10.9 Å². The molecule has 3 N–H and O–H groups in total. The lowest BCUT2D eigenvalue weighted by Crippen LogP contribution is -2.24. The molecule has 0 atom stereocenters. The molecule has 2 heterocycles. The molecule has 1 amide bonds. The molecule has 2 aromatic heterocycles. The Hall–Kier alpha value is -2.34. The van der Waals surface area contributed by atoms with E-state index in [1.165, 1.54) is 6.20 Å². The largest absolute Gasteiger partial charge is 0.389 e. The van der Waals surface area contributed by atoms with Crippen LogP contribution in [0.4, 0.5) is 0 Å². The van der Waals surface area contributed by atoms with Crippen LogP contribution in [0, 0.1) is 6.92 Å². The number of aromatic nitrogens is 2. The van der Waals surface area contributed by atoms with E-state index in [1.54, 1.807) is 18.3 Å². The minimum absolute atomic E-state index is 0.250. The number of hydrogen-bond acceptors (Lipinski definition) is 4. The molecule has 0 bridgehead atoms. The van der Waals surface area contributed by atoms with Gasteiger partial charge in [-0.15, -0.1) is 0 Å². The van der Waals surface area contributed by atoms with Gasteiger partial charge in [0.25, 0.3) is 5.91 Å². The molecule has 2 aromatic rings. The molecule has 0 unspecified atom stereocenters. The Morgan fingerprint density at radius 1 is 1.25 bits per heavy atom. The lowest BCUT2D eigenvalue weighted by molar-refractivity contribution is 0.0946. The van der Waals surface area contributed by atoms with Gasteiger partial charge in [0.05, 0.1) is 0 Å². The van der Waals surface area contributed by atoms with Crippen molar-refractivity contribution in [2.45, 2.75) is 13.5 Å². The van der Waals surface area contributed by atoms with Crippen molar-refractivity contribution in [3.05, 3.63) is 59.2 Å². The van der Waals surface area contributed by atoms with Crippen LogP contribution < -0.4 is 11.1 Å². The maximum atomic E-state index is 11.9. The average Bonchev–Trinajstić information content (AvgIpc) is 2.46. The summed E-state index contributed by atoms with van der Waals surface area (Å²) in [5.74, 6) is -0.250. The van der Waals surface area contributed by atoms with Crippen LogP contribution in [0.2, 0.25) is 0 Å². The van der Waals surface area contributed by atoms with Crippen LogP contribution in [0.25, 0.3) is 0 Å². The Labute approximate surface area is 122 Å². The van der Waals surface area contributed by atoms with Crippen molar-refractivity contribution in [3.63, 3.8) is 0 Å². The fourth-order valence-electron chi connectivity index (χ4n) is 1.55. The third-order valence-electron chi connectivity index (χ3n) is 2.71. The van der Waals surface area contributed by atoms with E-state index >= 15 is 0 Å². The van der Waals surface area contributed by atoms with Crippen LogP contribution in [0.1, 0.15) is 27.3 Å². The fraction of sp³-hybridized carbons (Fsp3) is 0.143. The highest BCUT2D eigenvalue weighted by Crippen LogP contribution is 2.02. The van der Waals surface area contributed by atoms with Gasteiger partial charge in [-0.25, -0.2) is 0 Å². The van der Waals surface area contributed by atoms with Gasteiger partial charge in [-0.2, -0.15) is 0 Å². The summed E-state index contributed by atoms with van der Waals surface area (Å²) in [5, 5.41) is 2.78. The van der Waals surface area contributed by atoms with E-state index in [0.29, 0.717) is 17.8 Å². The van der Waals surface area contributed by atoms with Gasteiger partial charge in [-0.3, -0.25) is 14.8 Å². The predicted octanol–water partition coefficient (Wildman–Crippen LogP) is 1.35. The second-order valence-electron chi connectivity index (χ2n) is 4.29. The number of aryl methyl sites for hydroxylation is 1. The SMILES string of the molecule is Cc1ccc(CNC(=O)c2ccc(C(N)=S)cn2)cn1. The Balaban J connectivity index is 1.97. The van der Waals surface area contributed by atoms with E-state index in [2.05, 4.69) is 15.3 Å². The zero-order valence-electron chi connectivity index (χ0n) is 11.0. The number of hydrogen-bond donors (Lipinski definition) is 2. The van der Waals surface area contributed by atoms with Gasteiger partial charge in [0.15, 0.2) is 0 Å². The molecular formula is C14H14N4OS. The number of nitrogens with zero attached hydrogens (tertiary/aromatic N) is 2. The van der Waals surface area contributed by atoms with Crippen LogP contribution in [-0.2, 0) is 6.54 Å². The molecule has 5 nitrogen and oxygen atoms in total. The van der Waals surface area contributed by atoms with Crippen molar-refractivity contribution in [3.8, 4) is 0 Å². The standard InChI is InChI=1S/C14H14N4OS/c1-9-2-3-10(6-16-9)7-18-14(19)12-5-4-11(8-17-12)13(15)20/h2-6,8H,7H2,1H3,(H2,15,20)(H,18,19). The van der Waals surface area contributed by atoms with Gasteiger partial charge < -0.3 is 11.1 Å². The Morgan fingerprint density at radius 2 is 2.05 bits per heavy atom. The second kappa shape index (κ2) is 6.21. The summed E-state index contributed by atoms with van der Waals surface area (Å²) in [6.45, 7) is 2.32. The van der Waals surface area contributed by atoms with Crippen LogP contribution in [0.3, 0.4) is 0 Å². The van der Waals surface area contributed by atoms with Crippen LogP contribution >= 0.6 is 12.2 Å². The number of amides is 1. The molecule has 0 saturated heterocycles. The van der Waals surface area contributed by atoms with E-state index in [9.17, 15) is 4.79 Å². The van der Waals surface area contributed by atoms with Crippen molar-refractivity contribution >= 4 is 23.1 Å². The monoisotopic (exact) mass is 286 g/mol. The minimum Gasteiger partial charge on any atom is -0.389 e. The van der Waals surface area contributed by atoms with Crippen LogP contribution in [-0.4, -0.2) is 20.9 Å². The molecule has 0 spiro atoms. The first-order chi connectivity index (χ1) is 9.56. The zero-order valence-corrected chi connectivity index (χ0v) is 11.8. The number of pyridine rings is 2. The molecule has 0 fully saturated rings. The number of thiocarbonyl (C=S) groups is 1. The highest BCUT2D eigenvalue weighted by atomic mass is 32.1. The van der Waals surface area contributed by atoms with Gasteiger partial charge in [-0.05, 0) is 30.7 Å². The molecule has 0 aliphatic carbocycles. The van der Waals surface area contributed by atoms with Gasteiger partial charge in [0.2, 0.25) is 0 Å². The summed E-state index contributed by atoms with van der Waals surface area (Å²) in [5.41, 5.74) is 8.31. The van der Waals surface area contributed by atoms with E-state index in [4.69, 9.17) is 18.0 Å². The Morgan fingerprint density at radius 3 is 2.60 bits per heavy atom. The van der Waals surface area contributed by atoms with Crippen molar-refractivity contribution in [1.29, 1.82) is 0 Å². The van der Waals surface area contributed by atoms with Gasteiger partial charge in [-0.1, -0.05) is 18.3 Å². The topological polar surface area (TPSA) is 80.9 Å². The number of rotatable bonds is 4. The summed E-state index contributed by atoms with van der Waals surface area (Å²) in [4.78, 5) is 20.4. The van der Waals surface area contributed by atoms with Crippen molar-refractivity contribution in [2.75, 3.05) is 0 Å². The average molecular weight is 286 g/mol. The first-order valence-electron chi connectivity index (χ1n) is 6.02. The first kappa shape index (κ1) is 14.1. The first-order valence-corrected chi connectivity index (χ1v) is 6.42.